The Kier molecular flexibility index (Phi) is 7.57. The summed E-state index contributed by atoms with van der Waals surface area (Å²) in [5.41, 5.74) is -0.331. The number of ether oxygens (including phenoxy) is 1. The van der Waals surface area contributed by atoms with Crippen molar-refractivity contribution in [2.45, 2.75) is 13.1 Å². The van der Waals surface area contributed by atoms with Crippen LogP contribution in [0, 0.1) is 0 Å². The molecular weight excluding hydrogens is 439 g/mol. The molecule has 3 amide bonds. The van der Waals surface area contributed by atoms with Crippen molar-refractivity contribution in [1.82, 2.24) is 15.1 Å². The zero-order valence-electron chi connectivity index (χ0n) is 18.0. The van der Waals surface area contributed by atoms with Gasteiger partial charge in [-0.1, -0.05) is 12.1 Å². The Morgan fingerprint density at radius 1 is 0.939 bits per heavy atom. The molecule has 1 aliphatic heterocycles. The third kappa shape index (κ3) is 6.03. The minimum absolute atomic E-state index is 0.156. The molecule has 1 N–H and O–H groups in total. The van der Waals surface area contributed by atoms with Crippen molar-refractivity contribution >= 4 is 17.7 Å². The van der Waals surface area contributed by atoms with E-state index in [1.807, 2.05) is 0 Å². The van der Waals surface area contributed by atoms with E-state index in [-0.39, 0.29) is 44.2 Å². The van der Waals surface area contributed by atoms with E-state index in [1.165, 1.54) is 9.80 Å². The number of para-hydroxylation sites is 1. The second-order valence-corrected chi connectivity index (χ2v) is 7.36. The number of piperazine rings is 1. The number of amides is 3. The molecule has 0 aromatic heterocycles. The second kappa shape index (κ2) is 10.4. The topological polar surface area (TPSA) is 79.0 Å². The van der Waals surface area contributed by atoms with Crippen molar-refractivity contribution < 1.29 is 32.3 Å². The monoisotopic (exact) mass is 463 g/mol. The lowest BCUT2D eigenvalue weighted by Gasteiger charge is -2.35. The summed E-state index contributed by atoms with van der Waals surface area (Å²) in [7, 11) is 0. The van der Waals surface area contributed by atoms with Gasteiger partial charge >= 0.3 is 6.18 Å². The molecule has 10 heteroatoms. The van der Waals surface area contributed by atoms with Crippen LogP contribution in [0.5, 0.6) is 5.75 Å². The predicted octanol–water partition coefficient (Wildman–Crippen LogP) is 2.82. The highest BCUT2D eigenvalue weighted by atomic mass is 19.4. The highest BCUT2D eigenvalue weighted by molar-refractivity contribution is 5.99. The molecule has 0 bridgehead atoms. The van der Waals surface area contributed by atoms with Gasteiger partial charge in [-0.2, -0.15) is 13.2 Å². The van der Waals surface area contributed by atoms with Gasteiger partial charge in [0.25, 0.3) is 11.8 Å². The van der Waals surface area contributed by atoms with Gasteiger partial charge in [-0.25, -0.2) is 0 Å². The van der Waals surface area contributed by atoms with E-state index in [9.17, 15) is 27.6 Å². The number of hydrogen-bond acceptors (Lipinski definition) is 4. The number of benzene rings is 2. The molecule has 0 aliphatic carbocycles. The van der Waals surface area contributed by atoms with Crippen LogP contribution in [0.3, 0.4) is 0 Å². The summed E-state index contributed by atoms with van der Waals surface area (Å²) < 4.78 is 43.5. The van der Waals surface area contributed by atoms with Crippen molar-refractivity contribution in [2.75, 3.05) is 39.3 Å². The van der Waals surface area contributed by atoms with Crippen molar-refractivity contribution in [3.63, 3.8) is 0 Å². The van der Waals surface area contributed by atoms with Crippen LogP contribution in [-0.4, -0.2) is 66.9 Å². The molecule has 0 unspecified atom stereocenters. The summed E-state index contributed by atoms with van der Waals surface area (Å²) in [5, 5.41) is 2.59. The standard InChI is InChI=1S/C23H24F3N3O4/c1-2-33-19-6-4-3-5-18(19)21(31)27-15-20(30)28-11-13-29(14-12-28)22(32)16-7-9-17(10-8-16)23(24,25)26/h3-10H,2,11-15H2,1H3,(H,27,31). The van der Waals surface area contributed by atoms with Gasteiger partial charge in [0.05, 0.1) is 24.3 Å². The quantitative estimate of drug-likeness (QED) is 0.715. The van der Waals surface area contributed by atoms with Crippen LogP contribution in [0.15, 0.2) is 48.5 Å². The van der Waals surface area contributed by atoms with Gasteiger partial charge < -0.3 is 19.9 Å². The van der Waals surface area contributed by atoms with Crippen LogP contribution >= 0.6 is 0 Å². The van der Waals surface area contributed by atoms with E-state index in [2.05, 4.69) is 5.32 Å². The van der Waals surface area contributed by atoms with Crippen LogP contribution in [0.25, 0.3) is 0 Å². The smallest absolute Gasteiger partial charge is 0.416 e. The third-order valence-electron chi connectivity index (χ3n) is 5.21. The molecule has 3 rings (SSSR count). The molecule has 1 heterocycles. The molecule has 0 spiro atoms. The van der Waals surface area contributed by atoms with Crippen molar-refractivity contribution in [3.05, 3.63) is 65.2 Å². The zero-order chi connectivity index (χ0) is 24.0. The second-order valence-electron chi connectivity index (χ2n) is 7.36. The average molecular weight is 463 g/mol. The van der Waals surface area contributed by atoms with Gasteiger partial charge in [0, 0.05) is 31.7 Å². The van der Waals surface area contributed by atoms with Gasteiger partial charge in [-0.05, 0) is 43.3 Å². The van der Waals surface area contributed by atoms with Crippen LogP contribution in [0.2, 0.25) is 0 Å². The first kappa shape index (κ1) is 24.1. The molecular formula is C23H24F3N3O4. The van der Waals surface area contributed by atoms with E-state index in [0.29, 0.717) is 17.9 Å². The fourth-order valence-electron chi connectivity index (χ4n) is 3.44. The summed E-state index contributed by atoms with van der Waals surface area (Å²) in [5.74, 6) is -0.681. The summed E-state index contributed by atoms with van der Waals surface area (Å²) in [4.78, 5) is 40.5. The van der Waals surface area contributed by atoms with Gasteiger partial charge in [-0.3, -0.25) is 14.4 Å². The molecule has 7 nitrogen and oxygen atoms in total. The highest BCUT2D eigenvalue weighted by Gasteiger charge is 2.31. The Labute approximate surface area is 189 Å². The van der Waals surface area contributed by atoms with Gasteiger partial charge in [0.1, 0.15) is 5.75 Å². The maximum atomic E-state index is 12.7. The fourth-order valence-corrected chi connectivity index (χ4v) is 3.44. The Morgan fingerprint density at radius 2 is 1.55 bits per heavy atom. The number of carbonyl (C=O) groups is 3. The largest absolute Gasteiger partial charge is 0.493 e. The first-order valence-electron chi connectivity index (χ1n) is 10.4. The molecule has 0 radical (unpaired) electrons. The highest BCUT2D eigenvalue weighted by Crippen LogP contribution is 2.29. The number of halogens is 3. The Morgan fingerprint density at radius 3 is 2.15 bits per heavy atom. The van der Waals surface area contributed by atoms with E-state index < -0.39 is 23.6 Å². The lowest BCUT2D eigenvalue weighted by Crippen LogP contribution is -2.52. The summed E-state index contributed by atoms with van der Waals surface area (Å²) in [6, 6.07) is 10.8. The summed E-state index contributed by atoms with van der Waals surface area (Å²) >= 11 is 0. The first-order valence-corrected chi connectivity index (χ1v) is 10.4. The van der Waals surface area contributed by atoms with E-state index in [1.54, 1.807) is 31.2 Å². The van der Waals surface area contributed by atoms with E-state index in [0.717, 1.165) is 24.3 Å². The molecule has 33 heavy (non-hydrogen) atoms. The summed E-state index contributed by atoms with van der Waals surface area (Å²) in [6.07, 6.45) is -4.46. The minimum atomic E-state index is -4.46. The lowest BCUT2D eigenvalue weighted by atomic mass is 10.1. The first-order chi connectivity index (χ1) is 15.7. The molecule has 1 aliphatic rings. The third-order valence-corrected chi connectivity index (χ3v) is 5.21. The van der Waals surface area contributed by atoms with Crippen LogP contribution < -0.4 is 10.1 Å². The summed E-state index contributed by atoms with van der Waals surface area (Å²) in [6.45, 7) is 3.01. The van der Waals surface area contributed by atoms with Gasteiger partial charge in [0.2, 0.25) is 5.91 Å². The van der Waals surface area contributed by atoms with Crippen molar-refractivity contribution in [1.29, 1.82) is 0 Å². The van der Waals surface area contributed by atoms with Crippen LogP contribution in [-0.2, 0) is 11.0 Å². The number of alkyl halides is 3. The molecule has 1 saturated heterocycles. The average Bonchev–Trinajstić information content (AvgIpc) is 2.82. The van der Waals surface area contributed by atoms with Crippen molar-refractivity contribution in [2.24, 2.45) is 0 Å². The normalized spacial score (nSPS) is 14.1. The molecule has 1 fully saturated rings. The minimum Gasteiger partial charge on any atom is -0.493 e. The van der Waals surface area contributed by atoms with Crippen LogP contribution in [0.4, 0.5) is 13.2 Å². The molecule has 2 aromatic rings. The molecule has 2 aromatic carbocycles. The number of carbonyl (C=O) groups excluding carboxylic acids is 3. The maximum Gasteiger partial charge on any atom is 0.416 e. The molecule has 0 saturated carbocycles. The number of nitrogens with zero attached hydrogens (tertiary/aromatic N) is 2. The molecule has 176 valence electrons. The van der Waals surface area contributed by atoms with Gasteiger partial charge in [-0.15, -0.1) is 0 Å². The number of hydrogen-bond donors (Lipinski definition) is 1. The predicted molar refractivity (Wildman–Crippen MR) is 114 cm³/mol. The Balaban J connectivity index is 1.50. The Bertz CT molecular complexity index is 1000. The number of nitrogens with one attached hydrogen (secondary N) is 1. The fraction of sp³-hybridized carbons (Fsp3) is 0.348. The SMILES string of the molecule is CCOc1ccccc1C(=O)NCC(=O)N1CCN(C(=O)c2ccc(C(F)(F)F)cc2)CC1. The lowest BCUT2D eigenvalue weighted by molar-refractivity contribution is -0.137. The number of rotatable bonds is 6. The molecule has 0 atom stereocenters. The van der Waals surface area contributed by atoms with Gasteiger partial charge in [0.15, 0.2) is 0 Å². The maximum absolute atomic E-state index is 12.7. The van der Waals surface area contributed by atoms with E-state index in [4.69, 9.17) is 4.74 Å². The van der Waals surface area contributed by atoms with E-state index >= 15 is 0 Å². The van der Waals surface area contributed by atoms with Crippen LogP contribution in [0.1, 0.15) is 33.2 Å². The zero-order valence-corrected chi connectivity index (χ0v) is 18.0. The van der Waals surface area contributed by atoms with Crippen molar-refractivity contribution in [3.8, 4) is 5.75 Å². The Hall–Kier alpha value is -3.56.